The highest BCUT2D eigenvalue weighted by Gasteiger charge is 2.03. The molecule has 0 N–H and O–H groups in total. The van der Waals surface area contributed by atoms with E-state index in [4.69, 9.17) is 0 Å². The third-order valence-electron chi connectivity index (χ3n) is 2.22. The van der Waals surface area contributed by atoms with Gasteiger partial charge in [-0.2, -0.15) is 12.6 Å². The van der Waals surface area contributed by atoms with E-state index in [1.54, 1.807) is 11.3 Å². The number of nitrogens with zero attached hydrogens (tertiary/aromatic N) is 1. The summed E-state index contributed by atoms with van der Waals surface area (Å²) in [5, 5.41) is 3.22. The van der Waals surface area contributed by atoms with Crippen LogP contribution >= 0.6 is 24.0 Å². The van der Waals surface area contributed by atoms with Crippen LogP contribution < -0.4 is 0 Å². The maximum absolute atomic E-state index is 4.57. The summed E-state index contributed by atoms with van der Waals surface area (Å²) in [6, 6.07) is 8.49. The molecule has 0 fully saturated rings. The lowest BCUT2D eigenvalue weighted by Gasteiger charge is -1.96. The molecule has 3 heteroatoms. The summed E-state index contributed by atoms with van der Waals surface area (Å²) in [7, 11) is 0. The van der Waals surface area contributed by atoms with Gasteiger partial charge in [-0.3, -0.25) is 0 Å². The summed E-state index contributed by atoms with van der Waals surface area (Å²) in [4.78, 5) is 4.57. The molecule has 0 bridgehead atoms. The molecule has 78 valence electrons. The number of aryl methyl sites for hydroxylation is 2. The Bertz CT molecular complexity index is 431. The molecule has 2 aromatic rings. The summed E-state index contributed by atoms with van der Waals surface area (Å²) in [5.41, 5.74) is 3.63. The Balaban J connectivity index is 2.25. The van der Waals surface area contributed by atoms with Crippen molar-refractivity contribution in [3.8, 4) is 10.6 Å². The Labute approximate surface area is 99.6 Å². The zero-order chi connectivity index (χ0) is 10.7. The van der Waals surface area contributed by atoms with E-state index in [2.05, 4.69) is 54.2 Å². The predicted octanol–water partition coefficient (Wildman–Crippen LogP) is 3.59. The van der Waals surface area contributed by atoms with E-state index in [1.807, 2.05) is 0 Å². The Kier molecular flexibility index (Phi) is 3.44. The third-order valence-corrected chi connectivity index (χ3v) is 3.38. The normalized spacial score (nSPS) is 10.5. The highest BCUT2D eigenvalue weighted by Crippen LogP contribution is 2.24. The number of aromatic nitrogens is 1. The minimum absolute atomic E-state index is 0.858. The van der Waals surface area contributed by atoms with Crippen LogP contribution in [-0.4, -0.2) is 10.7 Å². The summed E-state index contributed by atoms with van der Waals surface area (Å²) in [6.45, 7) is 2.10. The van der Waals surface area contributed by atoms with Gasteiger partial charge in [-0.15, -0.1) is 11.3 Å². The first-order chi connectivity index (χ1) is 7.29. The van der Waals surface area contributed by atoms with Crippen molar-refractivity contribution in [1.29, 1.82) is 0 Å². The van der Waals surface area contributed by atoms with Gasteiger partial charge in [0.1, 0.15) is 5.01 Å². The number of thiazole rings is 1. The Morgan fingerprint density at radius 2 is 2.00 bits per heavy atom. The topological polar surface area (TPSA) is 12.9 Å². The molecule has 0 spiro atoms. The summed E-state index contributed by atoms with van der Waals surface area (Å²) in [5.74, 6) is 0.858. The minimum atomic E-state index is 0.858. The zero-order valence-corrected chi connectivity index (χ0v) is 10.3. The predicted molar refractivity (Wildman–Crippen MR) is 69.8 cm³/mol. The van der Waals surface area contributed by atoms with E-state index in [0.29, 0.717) is 0 Å². The second kappa shape index (κ2) is 4.81. The third kappa shape index (κ3) is 2.61. The molecule has 1 aromatic heterocycles. The molecule has 2 rings (SSSR count). The van der Waals surface area contributed by atoms with Crippen molar-refractivity contribution in [3.63, 3.8) is 0 Å². The van der Waals surface area contributed by atoms with Gasteiger partial charge in [0.25, 0.3) is 0 Å². The van der Waals surface area contributed by atoms with Crippen molar-refractivity contribution in [1.82, 2.24) is 4.98 Å². The van der Waals surface area contributed by atoms with Gasteiger partial charge in [0.15, 0.2) is 0 Å². The Morgan fingerprint density at radius 3 is 2.67 bits per heavy atom. The maximum atomic E-state index is 4.57. The number of benzene rings is 1. The fourth-order valence-corrected chi connectivity index (χ4v) is 2.45. The highest BCUT2D eigenvalue weighted by atomic mass is 32.1. The second-order valence-corrected chi connectivity index (χ2v) is 4.79. The smallest absolute Gasteiger partial charge is 0.123 e. The van der Waals surface area contributed by atoms with Crippen LogP contribution in [0.3, 0.4) is 0 Å². The van der Waals surface area contributed by atoms with E-state index in [0.717, 1.165) is 22.9 Å². The van der Waals surface area contributed by atoms with Gasteiger partial charge in [-0.05, 0) is 19.1 Å². The Morgan fingerprint density at radius 1 is 1.27 bits per heavy atom. The lowest BCUT2D eigenvalue weighted by molar-refractivity contribution is 1.08. The van der Waals surface area contributed by atoms with Crippen LogP contribution in [0.4, 0.5) is 0 Å². The molecule has 0 aliphatic rings. The van der Waals surface area contributed by atoms with Crippen LogP contribution in [-0.2, 0) is 6.42 Å². The van der Waals surface area contributed by atoms with Crippen molar-refractivity contribution in [2.24, 2.45) is 0 Å². The van der Waals surface area contributed by atoms with E-state index >= 15 is 0 Å². The van der Waals surface area contributed by atoms with E-state index in [9.17, 15) is 0 Å². The molecule has 0 radical (unpaired) electrons. The van der Waals surface area contributed by atoms with Gasteiger partial charge in [-0.1, -0.05) is 29.8 Å². The number of rotatable bonds is 3. The molecule has 0 saturated heterocycles. The molecule has 0 saturated carbocycles. The van der Waals surface area contributed by atoms with Gasteiger partial charge < -0.3 is 0 Å². The second-order valence-electron chi connectivity index (χ2n) is 3.48. The van der Waals surface area contributed by atoms with Crippen LogP contribution in [0.2, 0.25) is 0 Å². The van der Waals surface area contributed by atoms with Crippen LogP contribution in [0.1, 0.15) is 11.3 Å². The molecule has 0 amide bonds. The van der Waals surface area contributed by atoms with Crippen LogP contribution in [0.5, 0.6) is 0 Å². The van der Waals surface area contributed by atoms with Gasteiger partial charge in [0.2, 0.25) is 0 Å². The largest absolute Gasteiger partial charge is 0.241 e. The number of hydrogen-bond donors (Lipinski definition) is 1. The lowest BCUT2D eigenvalue weighted by Crippen LogP contribution is -1.85. The van der Waals surface area contributed by atoms with E-state index < -0.39 is 0 Å². The molecule has 0 atom stereocenters. The van der Waals surface area contributed by atoms with Crippen LogP contribution in [0.15, 0.2) is 29.6 Å². The maximum Gasteiger partial charge on any atom is 0.123 e. The molecular formula is C12H13NS2. The molecule has 0 unspecified atom stereocenters. The van der Waals surface area contributed by atoms with Crippen molar-refractivity contribution < 1.29 is 0 Å². The average molecular weight is 235 g/mol. The monoisotopic (exact) mass is 235 g/mol. The fourth-order valence-electron chi connectivity index (χ4n) is 1.37. The van der Waals surface area contributed by atoms with Crippen molar-refractivity contribution in [3.05, 3.63) is 40.9 Å². The van der Waals surface area contributed by atoms with Gasteiger partial charge in [0, 0.05) is 10.9 Å². The SMILES string of the molecule is Cc1ccc(-c2nc(CCS)cs2)cc1. The van der Waals surface area contributed by atoms with E-state index in [1.165, 1.54) is 11.1 Å². The lowest BCUT2D eigenvalue weighted by atomic mass is 10.2. The highest BCUT2D eigenvalue weighted by molar-refractivity contribution is 7.80. The van der Waals surface area contributed by atoms with Gasteiger partial charge in [0.05, 0.1) is 5.69 Å². The van der Waals surface area contributed by atoms with Gasteiger partial charge >= 0.3 is 0 Å². The van der Waals surface area contributed by atoms with Crippen molar-refractivity contribution >= 4 is 24.0 Å². The minimum Gasteiger partial charge on any atom is -0.241 e. The molecule has 1 heterocycles. The van der Waals surface area contributed by atoms with E-state index in [-0.39, 0.29) is 0 Å². The number of thiol groups is 1. The molecule has 1 aromatic carbocycles. The quantitative estimate of drug-likeness (QED) is 0.802. The first kappa shape index (κ1) is 10.7. The molecule has 0 aliphatic heterocycles. The molecule has 1 nitrogen and oxygen atoms in total. The Hall–Kier alpha value is -0.800. The first-order valence-corrected chi connectivity index (χ1v) is 6.43. The van der Waals surface area contributed by atoms with Gasteiger partial charge in [-0.25, -0.2) is 4.98 Å². The van der Waals surface area contributed by atoms with Crippen molar-refractivity contribution in [2.45, 2.75) is 13.3 Å². The fraction of sp³-hybridized carbons (Fsp3) is 0.250. The van der Waals surface area contributed by atoms with Crippen LogP contribution in [0.25, 0.3) is 10.6 Å². The standard InChI is InChI=1S/C12H13NS2/c1-9-2-4-10(5-3-9)12-13-11(6-7-14)8-15-12/h2-5,8,14H,6-7H2,1H3. The summed E-state index contributed by atoms with van der Waals surface area (Å²) in [6.07, 6.45) is 0.950. The van der Waals surface area contributed by atoms with Crippen LogP contribution in [0, 0.1) is 6.92 Å². The van der Waals surface area contributed by atoms with Crippen molar-refractivity contribution in [2.75, 3.05) is 5.75 Å². The zero-order valence-electron chi connectivity index (χ0n) is 8.60. The number of hydrogen-bond acceptors (Lipinski definition) is 3. The first-order valence-electron chi connectivity index (χ1n) is 4.92. The summed E-state index contributed by atoms with van der Waals surface area (Å²) >= 11 is 5.91. The average Bonchev–Trinajstić information content (AvgIpc) is 2.68. The molecule has 0 aliphatic carbocycles. The molecular weight excluding hydrogens is 222 g/mol. The summed E-state index contributed by atoms with van der Waals surface area (Å²) < 4.78 is 0. The molecule has 15 heavy (non-hydrogen) atoms.